The molecule has 0 spiro atoms. The van der Waals surface area contributed by atoms with Gasteiger partial charge in [-0.3, -0.25) is 5.41 Å². The van der Waals surface area contributed by atoms with E-state index in [0.29, 0.717) is 10.9 Å². The van der Waals surface area contributed by atoms with Gasteiger partial charge in [0.1, 0.15) is 5.16 Å². The number of nitrogens with zero attached hydrogens (tertiary/aromatic N) is 1. The Balaban J connectivity index is 3.16. The van der Waals surface area contributed by atoms with Gasteiger partial charge in [0.2, 0.25) is 5.97 Å². The number of allylic oxidation sites excluding steroid dienone is 4. The standard InChI is InChI=1S/C9H9ClFN3/c1-2-3-6(9(11)12)7-4-8(10)14-5-13-7/h2-5,12H,1H3,(H,13,14)/b3-2-,7-6+,12-9?. The molecule has 1 aliphatic rings. The summed E-state index contributed by atoms with van der Waals surface area (Å²) in [7, 11) is 0. The maximum Gasteiger partial charge on any atom is 0.214 e. The van der Waals surface area contributed by atoms with E-state index in [1.807, 2.05) is 0 Å². The molecule has 0 saturated carbocycles. The van der Waals surface area contributed by atoms with Crippen LogP contribution in [0.5, 0.6) is 0 Å². The van der Waals surface area contributed by atoms with Crippen molar-refractivity contribution in [3.8, 4) is 0 Å². The van der Waals surface area contributed by atoms with Gasteiger partial charge in [0.05, 0.1) is 17.6 Å². The van der Waals surface area contributed by atoms with Gasteiger partial charge in [0.15, 0.2) is 0 Å². The quantitative estimate of drug-likeness (QED) is 0.537. The van der Waals surface area contributed by atoms with Gasteiger partial charge < -0.3 is 5.32 Å². The summed E-state index contributed by atoms with van der Waals surface area (Å²) in [6.45, 7) is 1.74. The van der Waals surface area contributed by atoms with Crippen molar-refractivity contribution in [2.45, 2.75) is 6.92 Å². The highest BCUT2D eigenvalue weighted by molar-refractivity contribution is 6.30. The fourth-order valence-electron chi connectivity index (χ4n) is 0.947. The normalized spacial score (nSPS) is 19.2. The maximum absolute atomic E-state index is 12.8. The first-order valence-corrected chi connectivity index (χ1v) is 4.30. The molecule has 1 aliphatic heterocycles. The molecular weight excluding hydrogens is 205 g/mol. The van der Waals surface area contributed by atoms with Crippen LogP contribution in [0.3, 0.4) is 0 Å². The highest BCUT2D eigenvalue weighted by atomic mass is 35.5. The van der Waals surface area contributed by atoms with E-state index in [2.05, 4.69) is 10.3 Å². The molecule has 0 atom stereocenters. The second-order valence-corrected chi connectivity index (χ2v) is 2.91. The minimum Gasteiger partial charge on any atom is -0.337 e. The Bertz CT molecular complexity index is 366. The lowest BCUT2D eigenvalue weighted by Crippen LogP contribution is -2.11. The molecule has 1 heterocycles. The SMILES string of the molecule is C/C=C\C(C(=N)F)=C1\C=C(Cl)NC=N1. The van der Waals surface area contributed by atoms with Gasteiger partial charge in [-0.2, -0.15) is 4.39 Å². The smallest absolute Gasteiger partial charge is 0.214 e. The van der Waals surface area contributed by atoms with Gasteiger partial charge in [-0.25, -0.2) is 4.99 Å². The zero-order valence-corrected chi connectivity index (χ0v) is 8.27. The van der Waals surface area contributed by atoms with Crippen molar-refractivity contribution in [3.05, 3.63) is 34.7 Å². The molecule has 0 aromatic rings. The van der Waals surface area contributed by atoms with Crippen LogP contribution in [-0.4, -0.2) is 12.3 Å². The first-order valence-electron chi connectivity index (χ1n) is 3.93. The number of nitrogens with one attached hydrogen (secondary N) is 2. The Morgan fingerprint density at radius 2 is 2.43 bits per heavy atom. The molecule has 0 fully saturated rings. The van der Waals surface area contributed by atoms with Gasteiger partial charge in [0.25, 0.3) is 0 Å². The van der Waals surface area contributed by atoms with Gasteiger partial charge >= 0.3 is 0 Å². The number of rotatable bonds is 2. The number of hydrogen-bond acceptors (Lipinski definition) is 3. The van der Waals surface area contributed by atoms with Crippen molar-refractivity contribution < 1.29 is 4.39 Å². The van der Waals surface area contributed by atoms with E-state index in [9.17, 15) is 4.39 Å². The van der Waals surface area contributed by atoms with Gasteiger partial charge in [-0.1, -0.05) is 23.8 Å². The van der Waals surface area contributed by atoms with Gasteiger partial charge in [-0.05, 0) is 13.0 Å². The van der Waals surface area contributed by atoms with Crippen LogP contribution in [0.4, 0.5) is 4.39 Å². The number of aliphatic imine (C=N–C) groups is 1. The predicted octanol–water partition coefficient (Wildman–Crippen LogP) is 2.48. The molecule has 5 heteroatoms. The molecule has 0 amide bonds. The highest BCUT2D eigenvalue weighted by Crippen LogP contribution is 2.16. The summed E-state index contributed by atoms with van der Waals surface area (Å²) in [5, 5.41) is 9.89. The van der Waals surface area contributed by atoms with Crippen LogP contribution in [0.2, 0.25) is 0 Å². The topological polar surface area (TPSA) is 48.2 Å². The van der Waals surface area contributed by atoms with E-state index in [1.54, 1.807) is 13.0 Å². The molecule has 14 heavy (non-hydrogen) atoms. The van der Waals surface area contributed by atoms with Crippen LogP contribution in [0.15, 0.2) is 39.6 Å². The second-order valence-electron chi connectivity index (χ2n) is 2.51. The summed E-state index contributed by atoms with van der Waals surface area (Å²) < 4.78 is 12.8. The van der Waals surface area contributed by atoms with Crippen molar-refractivity contribution in [1.29, 1.82) is 5.41 Å². The number of halogens is 2. The molecule has 0 aromatic carbocycles. The van der Waals surface area contributed by atoms with E-state index in [1.165, 1.54) is 18.5 Å². The largest absolute Gasteiger partial charge is 0.337 e. The van der Waals surface area contributed by atoms with E-state index < -0.39 is 5.97 Å². The van der Waals surface area contributed by atoms with E-state index in [4.69, 9.17) is 17.0 Å². The maximum atomic E-state index is 12.8. The lowest BCUT2D eigenvalue weighted by molar-refractivity contribution is 0.795. The highest BCUT2D eigenvalue weighted by Gasteiger charge is 2.09. The van der Waals surface area contributed by atoms with Crippen molar-refractivity contribution in [2.24, 2.45) is 4.99 Å². The summed E-state index contributed by atoms with van der Waals surface area (Å²) in [5.41, 5.74) is 0.447. The first-order chi connectivity index (χ1) is 6.65. The summed E-state index contributed by atoms with van der Waals surface area (Å²) in [4.78, 5) is 3.87. The van der Waals surface area contributed by atoms with E-state index in [0.717, 1.165) is 0 Å². The molecule has 74 valence electrons. The third kappa shape index (κ3) is 2.53. The summed E-state index contributed by atoms with van der Waals surface area (Å²) >= 11 is 5.67. The molecule has 0 saturated heterocycles. The summed E-state index contributed by atoms with van der Waals surface area (Å²) in [6, 6.07) is 0. The van der Waals surface area contributed by atoms with Crippen molar-refractivity contribution >= 4 is 23.9 Å². The average Bonchev–Trinajstić information content (AvgIpc) is 2.13. The van der Waals surface area contributed by atoms with Gasteiger partial charge in [0, 0.05) is 0 Å². The molecule has 0 bridgehead atoms. The van der Waals surface area contributed by atoms with Crippen LogP contribution in [-0.2, 0) is 0 Å². The minimum atomic E-state index is -1.03. The Kier molecular flexibility index (Phi) is 3.59. The molecule has 3 nitrogen and oxygen atoms in total. The molecule has 1 rings (SSSR count). The fraction of sp³-hybridized carbons (Fsp3) is 0.111. The third-order valence-electron chi connectivity index (χ3n) is 1.52. The van der Waals surface area contributed by atoms with Crippen molar-refractivity contribution in [2.75, 3.05) is 0 Å². The van der Waals surface area contributed by atoms with Crippen molar-refractivity contribution in [1.82, 2.24) is 5.32 Å². The monoisotopic (exact) mass is 213 g/mol. The Labute approximate surface area is 86.2 Å². The Hall–Kier alpha value is -1.42. The van der Waals surface area contributed by atoms with E-state index >= 15 is 0 Å². The lowest BCUT2D eigenvalue weighted by Gasteiger charge is -2.07. The van der Waals surface area contributed by atoms with E-state index in [-0.39, 0.29) is 5.57 Å². The molecule has 0 radical (unpaired) electrons. The average molecular weight is 214 g/mol. The van der Waals surface area contributed by atoms with Crippen LogP contribution in [0, 0.1) is 5.41 Å². The lowest BCUT2D eigenvalue weighted by atomic mass is 10.2. The molecule has 0 aliphatic carbocycles. The Morgan fingerprint density at radius 3 is 2.93 bits per heavy atom. The van der Waals surface area contributed by atoms with Crippen LogP contribution >= 0.6 is 11.6 Å². The summed E-state index contributed by atoms with van der Waals surface area (Å²) in [5.74, 6) is -1.03. The van der Waals surface area contributed by atoms with Crippen molar-refractivity contribution in [3.63, 3.8) is 0 Å². The summed E-state index contributed by atoms with van der Waals surface area (Å²) in [6.07, 6.45) is 5.92. The minimum absolute atomic E-state index is 0.114. The predicted molar refractivity (Wildman–Crippen MR) is 56.2 cm³/mol. The molecule has 0 unspecified atom stereocenters. The number of hydrogen-bond donors (Lipinski definition) is 2. The van der Waals surface area contributed by atoms with Crippen LogP contribution in [0.25, 0.3) is 0 Å². The first kappa shape index (κ1) is 10.7. The van der Waals surface area contributed by atoms with Crippen LogP contribution in [0.1, 0.15) is 6.92 Å². The molecule has 2 N–H and O–H groups in total. The van der Waals surface area contributed by atoms with Crippen LogP contribution < -0.4 is 5.32 Å². The third-order valence-corrected chi connectivity index (χ3v) is 1.73. The fourth-order valence-corrected chi connectivity index (χ4v) is 1.10. The molecular formula is C9H9ClFN3. The second kappa shape index (κ2) is 4.72. The van der Waals surface area contributed by atoms with Gasteiger partial charge in [-0.15, -0.1) is 0 Å². The molecule has 0 aromatic heterocycles. The zero-order valence-electron chi connectivity index (χ0n) is 7.51. The zero-order chi connectivity index (χ0) is 10.6. The Morgan fingerprint density at radius 1 is 1.71 bits per heavy atom.